The second-order valence-corrected chi connectivity index (χ2v) is 9.99. The summed E-state index contributed by atoms with van der Waals surface area (Å²) in [5.74, 6) is -1.77. The molecule has 7 nitrogen and oxygen atoms in total. The zero-order chi connectivity index (χ0) is 32.9. The second-order valence-electron chi connectivity index (χ2n) is 9.99. The van der Waals surface area contributed by atoms with Gasteiger partial charge in [0.1, 0.15) is 11.4 Å². The minimum Gasteiger partial charge on any atom is -0.496 e. The number of alkyl halides is 6. The predicted molar refractivity (Wildman–Crippen MR) is 155 cm³/mol. The molecule has 4 aromatic rings. The minimum atomic E-state index is -4.68. The number of nitrogens with zero attached hydrogens (tertiary/aromatic N) is 1. The molecule has 0 aliphatic heterocycles. The first-order valence-electron chi connectivity index (χ1n) is 13.4. The van der Waals surface area contributed by atoms with E-state index in [9.17, 15) is 35.9 Å². The van der Waals surface area contributed by atoms with Gasteiger partial charge in [0.2, 0.25) is 0 Å². The highest BCUT2D eigenvalue weighted by atomic mass is 19.4. The fourth-order valence-electron chi connectivity index (χ4n) is 4.61. The molecule has 0 aliphatic rings. The molecule has 1 amide bonds. The fraction of sp³-hybridized carbons (Fsp3) is 0.219. The van der Waals surface area contributed by atoms with Crippen LogP contribution < -0.4 is 15.4 Å². The van der Waals surface area contributed by atoms with E-state index in [1.54, 1.807) is 31.2 Å². The van der Waals surface area contributed by atoms with E-state index in [0.717, 1.165) is 24.3 Å². The zero-order valence-corrected chi connectivity index (χ0v) is 23.9. The van der Waals surface area contributed by atoms with Gasteiger partial charge in [0, 0.05) is 36.1 Å². The topological polar surface area (TPSA) is 101 Å². The number of anilines is 1. The number of carbonyl (C=O) groups is 2. The van der Waals surface area contributed by atoms with Crippen molar-refractivity contribution < 1.29 is 45.8 Å². The summed E-state index contributed by atoms with van der Waals surface area (Å²) in [5.41, 5.74) is 1.37. The van der Waals surface area contributed by atoms with Crippen molar-refractivity contribution in [3.63, 3.8) is 0 Å². The van der Waals surface area contributed by atoms with Gasteiger partial charge in [-0.05, 0) is 71.6 Å². The van der Waals surface area contributed by atoms with Crippen LogP contribution in [0.1, 0.15) is 39.2 Å². The molecule has 0 unspecified atom stereocenters. The highest BCUT2D eigenvalue weighted by molar-refractivity contribution is 5.92. The third-order valence-electron chi connectivity index (χ3n) is 6.91. The maximum Gasteiger partial charge on any atom is 0.416 e. The van der Waals surface area contributed by atoms with Gasteiger partial charge in [-0.3, -0.25) is 14.6 Å². The minimum absolute atomic E-state index is 0.0206. The van der Waals surface area contributed by atoms with E-state index >= 15 is 0 Å². The molecule has 45 heavy (non-hydrogen) atoms. The molecule has 0 saturated heterocycles. The SMILES string of the molecule is COc1cc(C(F)(F)F)cc(-c2ccc(C(=O)NCCC(=O)O)nc2)c1CNc1ccc(-c2ccc(C(F)(F)F)cc2C)cc1. The lowest BCUT2D eigenvalue weighted by Gasteiger charge is -2.19. The quantitative estimate of drug-likeness (QED) is 0.156. The second kappa shape index (κ2) is 13.3. The van der Waals surface area contributed by atoms with Gasteiger partial charge < -0.3 is 20.5 Å². The van der Waals surface area contributed by atoms with Gasteiger partial charge >= 0.3 is 18.3 Å². The number of aryl methyl sites for hydroxylation is 1. The van der Waals surface area contributed by atoms with Gasteiger partial charge in [0.05, 0.1) is 24.7 Å². The Balaban J connectivity index is 1.60. The van der Waals surface area contributed by atoms with Crippen molar-refractivity contribution in [2.24, 2.45) is 0 Å². The van der Waals surface area contributed by atoms with Crippen LogP contribution in [-0.4, -0.2) is 35.6 Å². The Labute approximate surface area is 253 Å². The van der Waals surface area contributed by atoms with E-state index in [0.29, 0.717) is 27.9 Å². The normalized spacial score (nSPS) is 11.6. The third kappa shape index (κ3) is 8.11. The van der Waals surface area contributed by atoms with E-state index in [-0.39, 0.29) is 42.1 Å². The Hall–Kier alpha value is -5.07. The van der Waals surface area contributed by atoms with Gasteiger partial charge in [-0.25, -0.2) is 0 Å². The smallest absolute Gasteiger partial charge is 0.416 e. The maximum absolute atomic E-state index is 13.8. The number of methoxy groups -OCH3 is 1. The van der Waals surface area contributed by atoms with Crippen LogP contribution >= 0.6 is 0 Å². The van der Waals surface area contributed by atoms with Crippen molar-refractivity contribution in [2.75, 3.05) is 19.0 Å². The summed E-state index contributed by atoms with van der Waals surface area (Å²) in [6.45, 7) is 1.48. The lowest BCUT2D eigenvalue weighted by Crippen LogP contribution is -2.26. The average Bonchev–Trinajstić information content (AvgIpc) is 2.99. The summed E-state index contributed by atoms with van der Waals surface area (Å²) in [6, 6.07) is 14.9. The number of benzene rings is 3. The summed E-state index contributed by atoms with van der Waals surface area (Å²) < 4.78 is 85.8. The van der Waals surface area contributed by atoms with Crippen molar-refractivity contribution in [3.8, 4) is 28.0 Å². The number of halogens is 6. The van der Waals surface area contributed by atoms with E-state index in [4.69, 9.17) is 9.84 Å². The molecule has 236 valence electrons. The molecule has 3 aromatic carbocycles. The summed E-state index contributed by atoms with van der Waals surface area (Å²) in [5, 5.41) is 14.3. The average molecular weight is 632 g/mol. The summed E-state index contributed by atoms with van der Waals surface area (Å²) in [6.07, 6.45) is -8.18. The molecule has 3 N–H and O–H groups in total. The Bertz CT molecular complexity index is 1690. The molecule has 1 heterocycles. The number of aliphatic carboxylic acids is 1. The largest absolute Gasteiger partial charge is 0.496 e. The first-order chi connectivity index (χ1) is 21.2. The first kappa shape index (κ1) is 32.8. The van der Waals surface area contributed by atoms with Crippen LogP contribution in [0.25, 0.3) is 22.3 Å². The molecule has 0 spiro atoms. The Kier molecular flexibility index (Phi) is 9.69. The van der Waals surface area contributed by atoms with Crippen LogP contribution in [0.2, 0.25) is 0 Å². The molecular weight excluding hydrogens is 604 g/mol. The Morgan fingerprint density at radius 1 is 0.844 bits per heavy atom. The molecule has 0 saturated carbocycles. The van der Waals surface area contributed by atoms with Crippen molar-refractivity contribution in [1.82, 2.24) is 10.3 Å². The molecular formula is C32H27F6N3O4. The van der Waals surface area contributed by atoms with Gasteiger partial charge in [-0.2, -0.15) is 26.3 Å². The summed E-state index contributed by atoms with van der Waals surface area (Å²) in [7, 11) is 1.24. The molecule has 4 rings (SSSR count). The number of carbonyl (C=O) groups excluding carboxylic acids is 1. The molecule has 13 heteroatoms. The number of rotatable bonds is 10. The van der Waals surface area contributed by atoms with Crippen molar-refractivity contribution in [3.05, 3.63) is 101 Å². The van der Waals surface area contributed by atoms with Crippen LogP contribution in [0.15, 0.2) is 72.9 Å². The molecule has 1 aromatic heterocycles. The number of carboxylic acids is 1. The van der Waals surface area contributed by atoms with E-state index in [2.05, 4.69) is 15.6 Å². The monoisotopic (exact) mass is 631 g/mol. The number of amides is 1. The standard InChI is InChI=1S/C32H27F6N3O4/c1-18-13-21(31(33,34)35)6-9-24(18)19-3-7-23(8-4-19)40-17-26-25(14-22(32(36,37)38)15-28(26)45-2)20-5-10-27(41-16-20)30(44)39-12-11-29(42)43/h3-10,13-16,40H,11-12,17H2,1-2H3,(H,39,44)(H,42,43). The van der Waals surface area contributed by atoms with Crippen LogP contribution in [0.4, 0.5) is 32.0 Å². The number of pyridine rings is 1. The zero-order valence-electron chi connectivity index (χ0n) is 23.9. The number of ether oxygens (including phenoxy) is 1. The maximum atomic E-state index is 13.8. The lowest BCUT2D eigenvalue weighted by atomic mass is 9.96. The Morgan fingerprint density at radius 2 is 1.51 bits per heavy atom. The van der Waals surface area contributed by atoms with E-state index in [1.165, 1.54) is 31.5 Å². The molecule has 0 atom stereocenters. The van der Waals surface area contributed by atoms with Gasteiger partial charge in [0.15, 0.2) is 0 Å². The number of hydrogen-bond donors (Lipinski definition) is 3. The first-order valence-corrected chi connectivity index (χ1v) is 13.4. The Morgan fingerprint density at radius 3 is 2.07 bits per heavy atom. The number of hydrogen-bond acceptors (Lipinski definition) is 5. The van der Waals surface area contributed by atoms with Crippen molar-refractivity contribution in [1.29, 1.82) is 0 Å². The lowest BCUT2D eigenvalue weighted by molar-refractivity contribution is -0.138. The molecule has 0 fully saturated rings. The molecule has 0 bridgehead atoms. The molecule has 0 radical (unpaired) electrons. The highest BCUT2D eigenvalue weighted by Gasteiger charge is 2.33. The summed E-state index contributed by atoms with van der Waals surface area (Å²) in [4.78, 5) is 27.0. The van der Waals surface area contributed by atoms with Crippen LogP contribution in [-0.2, 0) is 23.7 Å². The fourth-order valence-corrected chi connectivity index (χ4v) is 4.61. The highest BCUT2D eigenvalue weighted by Crippen LogP contribution is 2.39. The van der Waals surface area contributed by atoms with Crippen molar-refractivity contribution >= 4 is 17.6 Å². The number of nitrogens with one attached hydrogen (secondary N) is 2. The van der Waals surface area contributed by atoms with Gasteiger partial charge in [-0.15, -0.1) is 0 Å². The number of carboxylic acid groups (broad SMARTS) is 1. The summed E-state index contributed by atoms with van der Waals surface area (Å²) >= 11 is 0. The van der Waals surface area contributed by atoms with Gasteiger partial charge in [-0.1, -0.05) is 24.3 Å². The van der Waals surface area contributed by atoms with E-state index < -0.39 is 35.4 Å². The van der Waals surface area contributed by atoms with Crippen LogP contribution in [0.3, 0.4) is 0 Å². The molecule has 0 aliphatic carbocycles. The van der Waals surface area contributed by atoms with Crippen molar-refractivity contribution in [2.45, 2.75) is 32.2 Å². The third-order valence-corrected chi connectivity index (χ3v) is 6.91. The van der Waals surface area contributed by atoms with Crippen LogP contribution in [0.5, 0.6) is 5.75 Å². The number of aromatic nitrogens is 1. The van der Waals surface area contributed by atoms with Crippen LogP contribution in [0, 0.1) is 6.92 Å². The van der Waals surface area contributed by atoms with Gasteiger partial charge in [0.25, 0.3) is 5.91 Å². The predicted octanol–water partition coefficient (Wildman–Crippen LogP) is 7.59. The van der Waals surface area contributed by atoms with E-state index in [1.807, 2.05) is 0 Å².